The van der Waals surface area contributed by atoms with E-state index in [1.165, 1.54) is 12.1 Å². The maximum absolute atomic E-state index is 12.9. The summed E-state index contributed by atoms with van der Waals surface area (Å²) in [6.07, 6.45) is 0. The number of nitrogens with zero attached hydrogens (tertiary/aromatic N) is 1. The van der Waals surface area contributed by atoms with Crippen LogP contribution in [0.25, 0.3) is 0 Å². The normalized spacial score (nSPS) is 16.2. The van der Waals surface area contributed by atoms with Gasteiger partial charge in [-0.1, -0.05) is 29.8 Å². The number of sulfonamides is 1. The molecule has 0 spiro atoms. The van der Waals surface area contributed by atoms with Gasteiger partial charge in [0, 0.05) is 37.3 Å². The molecule has 3 rings (SSSR count). The van der Waals surface area contributed by atoms with E-state index in [2.05, 4.69) is 9.62 Å². The molecule has 0 bridgehead atoms. The van der Waals surface area contributed by atoms with Gasteiger partial charge in [-0.3, -0.25) is 4.90 Å². The van der Waals surface area contributed by atoms with E-state index in [1.54, 1.807) is 12.1 Å². The van der Waals surface area contributed by atoms with Crippen molar-refractivity contribution in [3.8, 4) is 5.75 Å². The predicted octanol–water partition coefficient (Wildman–Crippen LogP) is 3.11. The summed E-state index contributed by atoms with van der Waals surface area (Å²) >= 11 is 6.43. The number of morpholine rings is 1. The van der Waals surface area contributed by atoms with Crippen LogP contribution in [0.2, 0.25) is 5.02 Å². The van der Waals surface area contributed by atoms with Crippen molar-refractivity contribution in [2.24, 2.45) is 0 Å². The largest absolute Gasteiger partial charge is 0.491 e. The third kappa shape index (κ3) is 6.90. The standard InChI is InChI=1S/C22H29ClN2O5S/c1-2-28-15-16-30-18-7-9-19(10-8-18)31(26,27)24-17-22(25-11-13-29-14-12-25)20-5-3-4-6-21(20)23/h3-10,22,24H,2,11-17H2,1H3. The second kappa shape index (κ2) is 11.8. The minimum absolute atomic E-state index is 0.185. The molecule has 1 heterocycles. The third-order valence-corrected chi connectivity index (χ3v) is 6.84. The minimum atomic E-state index is -3.69. The Balaban J connectivity index is 1.67. The SMILES string of the molecule is CCOCCOc1ccc(S(=O)(=O)NCC(c2ccccc2Cl)N2CCOCC2)cc1. The highest BCUT2D eigenvalue weighted by Crippen LogP contribution is 2.28. The van der Waals surface area contributed by atoms with Crippen LogP contribution in [0, 0.1) is 0 Å². The highest BCUT2D eigenvalue weighted by Gasteiger charge is 2.26. The van der Waals surface area contributed by atoms with Gasteiger partial charge in [0.05, 0.1) is 24.7 Å². The topological polar surface area (TPSA) is 77.1 Å². The van der Waals surface area contributed by atoms with E-state index in [4.69, 9.17) is 25.8 Å². The first kappa shape index (κ1) is 24.0. The lowest BCUT2D eigenvalue weighted by Crippen LogP contribution is -2.43. The second-order valence-corrected chi connectivity index (χ2v) is 9.23. The van der Waals surface area contributed by atoms with Crippen molar-refractivity contribution < 1.29 is 22.6 Å². The van der Waals surface area contributed by atoms with Crippen molar-refractivity contribution in [2.45, 2.75) is 17.9 Å². The highest BCUT2D eigenvalue weighted by molar-refractivity contribution is 7.89. The summed E-state index contributed by atoms with van der Waals surface area (Å²) in [5, 5.41) is 0.617. The van der Waals surface area contributed by atoms with E-state index in [1.807, 2.05) is 31.2 Å². The van der Waals surface area contributed by atoms with Crippen LogP contribution in [0.5, 0.6) is 5.75 Å². The Kier molecular flexibility index (Phi) is 9.13. The Morgan fingerprint density at radius 3 is 2.48 bits per heavy atom. The quantitative estimate of drug-likeness (QED) is 0.510. The summed E-state index contributed by atoms with van der Waals surface area (Å²) < 4.78 is 44.8. The van der Waals surface area contributed by atoms with Gasteiger partial charge in [0.25, 0.3) is 0 Å². The number of hydrogen-bond donors (Lipinski definition) is 1. The van der Waals surface area contributed by atoms with Crippen LogP contribution < -0.4 is 9.46 Å². The zero-order valence-electron chi connectivity index (χ0n) is 17.6. The fraction of sp³-hybridized carbons (Fsp3) is 0.455. The number of hydrogen-bond acceptors (Lipinski definition) is 6. The molecule has 2 aromatic carbocycles. The van der Waals surface area contributed by atoms with Crippen LogP contribution in [0.1, 0.15) is 18.5 Å². The van der Waals surface area contributed by atoms with E-state index < -0.39 is 10.0 Å². The number of rotatable bonds is 11. The molecular formula is C22H29ClN2O5S. The van der Waals surface area contributed by atoms with Crippen molar-refractivity contribution in [2.75, 3.05) is 52.7 Å². The second-order valence-electron chi connectivity index (χ2n) is 7.05. The first-order chi connectivity index (χ1) is 15.0. The molecule has 0 saturated carbocycles. The number of nitrogens with one attached hydrogen (secondary N) is 1. The van der Waals surface area contributed by atoms with Crippen LogP contribution >= 0.6 is 11.6 Å². The summed E-state index contributed by atoms with van der Waals surface area (Å²) in [4.78, 5) is 2.38. The average Bonchev–Trinajstić information content (AvgIpc) is 2.79. The van der Waals surface area contributed by atoms with Gasteiger partial charge in [-0.05, 0) is 42.8 Å². The molecule has 7 nitrogen and oxygen atoms in total. The molecular weight excluding hydrogens is 440 g/mol. The molecule has 1 saturated heterocycles. The Bertz CT molecular complexity index is 918. The molecule has 1 atom stereocenters. The van der Waals surface area contributed by atoms with Gasteiger partial charge in [-0.25, -0.2) is 13.1 Å². The van der Waals surface area contributed by atoms with Crippen LogP contribution in [0.3, 0.4) is 0 Å². The van der Waals surface area contributed by atoms with Gasteiger partial charge in [0.15, 0.2) is 0 Å². The predicted molar refractivity (Wildman–Crippen MR) is 120 cm³/mol. The fourth-order valence-corrected chi connectivity index (χ4v) is 4.72. The van der Waals surface area contributed by atoms with E-state index in [0.717, 1.165) is 5.56 Å². The number of ether oxygens (including phenoxy) is 3. The Labute approximate surface area is 189 Å². The van der Waals surface area contributed by atoms with Crippen molar-refractivity contribution in [1.82, 2.24) is 9.62 Å². The maximum atomic E-state index is 12.9. The van der Waals surface area contributed by atoms with E-state index in [9.17, 15) is 8.42 Å². The molecule has 170 valence electrons. The van der Waals surface area contributed by atoms with E-state index >= 15 is 0 Å². The van der Waals surface area contributed by atoms with Crippen molar-refractivity contribution >= 4 is 21.6 Å². The highest BCUT2D eigenvalue weighted by atomic mass is 35.5. The zero-order chi connectivity index (χ0) is 22.1. The molecule has 0 aromatic heterocycles. The Morgan fingerprint density at radius 2 is 1.81 bits per heavy atom. The van der Waals surface area contributed by atoms with Crippen molar-refractivity contribution in [3.05, 3.63) is 59.1 Å². The molecule has 1 aliphatic heterocycles. The third-order valence-electron chi connectivity index (χ3n) is 5.05. The Morgan fingerprint density at radius 1 is 1.10 bits per heavy atom. The molecule has 1 unspecified atom stereocenters. The Hall–Kier alpha value is -1.68. The molecule has 1 fully saturated rings. The van der Waals surface area contributed by atoms with Gasteiger partial charge >= 0.3 is 0 Å². The van der Waals surface area contributed by atoms with Crippen molar-refractivity contribution in [3.63, 3.8) is 0 Å². The lowest BCUT2D eigenvalue weighted by Gasteiger charge is -2.35. The van der Waals surface area contributed by atoms with Gasteiger partial charge in [-0.15, -0.1) is 0 Å². The molecule has 0 radical (unpaired) electrons. The molecule has 9 heteroatoms. The molecule has 31 heavy (non-hydrogen) atoms. The van der Waals surface area contributed by atoms with E-state index in [-0.39, 0.29) is 17.5 Å². The monoisotopic (exact) mass is 468 g/mol. The summed E-state index contributed by atoms with van der Waals surface area (Å²) in [6, 6.07) is 13.7. The summed E-state index contributed by atoms with van der Waals surface area (Å²) in [7, 11) is -3.69. The van der Waals surface area contributed by atoms with Crippen LogP contribution in [0.15, 0.2) is 53.4 Å². The smallest absolute Gasteiger partial charge is 0.240 e. The average molecular weight is 469 g/mol. The maximum Gasteiger partial charge on any atom is 0.240 e. The van der Waals surface area contributed by atoms with Gasteiger partial charge in [-0.2, -0.15) is 0 Å². The molecule has 0 aliphatic carbocycles. The summed E-state index contributed by atoms with van der Waals surface area (Å²) in [6.45, 7) is 6.31. The van der Waals surface area contributed by atoms with E-state index in [0.29, 0.717) is 56.9 Å². The number of halogens is 1. The first-order valence-corrected chi connectivity index (χ1v) is 12.2. The van der Waals surface area contributed by atoms with Crippen molar-refractivity contribution in [1.29, 1.82) is 0 Å². The molecule has 2 aromatic rings. The van der Waals surface area contributed by atoms with Crippen LogP contribution in [-0.4, -0.2) is 66.0 Å². The molecule has 1 aliphatic rings. The first-order valence-electron chi connectivity index (χ1n) is 10.4. The summed E-state index contributed by atoms with van der Waals surface area (Å²) in [5.74, 6) is 0.598. The summed E-state index contributed by atoms with van der Waals surface area (Å²) in [5.41, 5.74) is 0.895. The minimum Gasteiger partial charge on any atom is -0.491 e. The zero-order valence-corrected chi connectivity index (χ0v) is 19.2. The molecule has 1 N–H and O–H groups in total. The van der Waals surface area contributed by atoms with Gasteiger partial charge in [0.1, 0.15) is 12.4 Å². The fourth-order valence-electron chi connectivity index (χ4n) is 3.42. The van der Waals surface area contributed by atoms with Crippen LogP contribution in [0.4, 0.5) is 0 Å². The number of benzene rings is 2. The van der Waals surface area contributed by atoms with Gasteiger partial charge < -0.3 is 14.2 Å². The van der Waals surface area contributed by atoms with Gasteiger partial charge in [0.2, 0.25) is 10.0 Å². The lowest BCUT2D eigenvalue weighted by atomic mass is 10.0. The molecule has 0 amide bonds. The lowest BCUT2D eigenvalue weighted by molar-refractivity contribution is 0.0172. The van der Waals surface area contributed by atoms with Crippen LogP contribution in [-0.2, 0) is 19.5 Å².